The van der Waals surface area contributed by atoms with E-state index in [1.807, 2.05) is 0 Å². The first-order chi connectivity index (χ1) is 25.8. The molecule has 0 atom stereocenters. The lowest BCUT2D eigenvalue weighted by molar-refractivity contribution is 0.660. The Kier molecular flexibility index (Phi) is 6.91. The molecule has 0 unspecified atom stereocenters. The number of benzene rings is 7. The molecule has 0 spiro atoms. The van der Waals surface area contributed by atoms with E-state index < -0.39 is 0 Å². The van der Waals surface area contributed by atoms with Crippen LogP contribution in [-0.4, -0.2) is 4.98 Å². The van der Waals surface area contributed by atoms with Crippen molar-refractivity contribution in [1.29, 1.82) is 0 Å². The third kappa shape index (κ3) is 4.82. The maximum Gasteiger partial charge on any atom is 0.0788 e. The predicted octanol–water partition coefficient (Wildman–Crippen LogP) is 13.7. The Bertz CT molecular complexity index is 2610. The lowest BCUT2D eigenvalue weighted by Gasteiger charge is -2.30. The van der Waals surface area contributed by atoms with Gasteiger partial charge in [0.2, 0.25) is 0 Å². The number of hydrogen-bond acceptors (Lipinski definition) is 2. The molecule has 254 valence electrons. The van der Waals surface area contributed by atoms with Crippen molar-refractivity contribution >= 4 is 28.0 Å². The van der Waals surface area contributed by atoms with E-state index in [1.165, 1.54) is 44.5 Å². The first-order valence-corrected chi connectivity index (χ1v) is 18.6. The van der Waals surface area contributed by atoms with Gasteiger partial charge in [-0.15, -0.1) is 0 Å². The fourth-order valence-corrected chi connectivity index (χ4v) is 9.05. The van der Waals surface area contributed by atoms with Gasteiger partial charge in [0.1, 0.15) is 0 Å². The summed E-state index contributed by atoms with van der Waals surface area (Å²) in [4.78, 5) is 7.64. The minimum atomic E-state index is -0.101. The van der Waals surface area contributed by atoms with Crippen LogP contribution in [0.4, 0.5) is 17.1 Å². The Morgan fingerprint density at radius 1 is 0.377 bits per heavy atom. The molecule has 0 fully saturated rings. The summed E-state index contributed by atoms with van der Waals surface area (Å²) in [5.74, 6) is 0. The highest BCUT2D eigenvalue weighted by Crippen LogP contribution is 2.53. The highest BCUT2D eigenvalue weighted by Gasteiger charge is 2.37. The van der Waals surface area contributed by atoms with Crippen molar-refractivity contribution in [2.45, 2.75) is 38.5 Å². The maximum atomic E-state index is 5.19. The van der Waals surface area contributed by atoms with E-state index in [0.29, 0.717) is 0 Å². The van der Waals surface area contributed by atoms with Crippen LogP contribution in [0.2, 0.25) is 0 Å². The van der Waals surface area contributed by atoms with E-state index in [1.54, 1.807) is 0 Å². The van der Waals surface area contributed by atoms with Crippen LogP contribution in [0.1, 0.15) is 49.9 Å². The molecular weight excluding hydrogens is 641 g/mol. The van der Waals surface area contributed by atoms with E-state index in [4.69, 9.17) is 4.98 Å². The quantitative estimate of drug-likeness (QED) is 0.180. The van der Waals surface area contributed by atoms with Crippen molar-refractivity contribution in [3.8, 4) is 44.6 Å². The lowest BCUT2D eigenvalue weighted by atomic mass is 9.82. The molecule has 1 heterocycles. The Morgan fingerprint density at radius 2 is 0.868 bits per heavy atom. The number of aromatic nitrogens is 1. The fourth-order valence-electron chi connectivity index (χ4n) is 9.05. The van der Waals surface area contributed by atoms with Crippen molar-refractivity contribution in [2.75, 3.05) is 4.90 Å². The van der Waals surface area contributed by atoms with Crippen LogP contribution >= 0.6 is 0 Å². The lowest BCUT2D eigenvalue weighted by Crippen LogP contribution is -2.18. The molecule has 2 aliphatic carbocycles. The number of fused-ring (bicyclic) bond motifs is 7. The topological polar surface area (TPSA) is 16.1 Å². The minimum absolute atomic E-state index is 0.101. The molecule has 1 aromatic heterocycles. The van der Waals surface area contributed by atoms with Crippen molar-refractivity contribution in [2.24, 2.45) is 0 Å². The third-order valence-electron chi connectivity index (χ3n) is 11.9. The van der Waals surface area contributed by atoms with Crippen LogP contribution < -0.4 is 4.90 Å². The normalized spacial score (nSPS) is 14.3. The fraction of sp³-hybridized carbons (Fsp3) is 0.118. The second kappa shape index (κ2) is 11.6. The number of para-hydroxylation sites is 1. The molecule has 8 aromatic rings. The van der Waals surface area contributed by atoms with E-state index in [-0.39, 0.29) is 10.8 Å². The summed E-state index contributed by atoms with van der Waals surface area (Å²) in [6.07, 6.45) is 0. The molecule has 7 aromatic carbocycles. The SMILES string of the molecule is CC1(C)c2ccccc2-c2ccc(N(c3ccc(-c4cc5ccccc5nc4-c4ccccc4)cc3)c3ccc4c(c3)C(C)(C)c3ccccc3-4)cc21. The summed E-state index contributed by atoms with van der Waals surface area (Å²) in [5.41, 5.74) is 19.4. The molecule has 0 aliphatic heterocycles. The second-order valence-corrected chi connectivity index (χ2v) is 15.6. The van der Waals surface area contributed by atoms with Crippen LogP contribution in [0.25, 0.3) is 55.5 Å². The first kappa shape index (κ1) is 31.5. The van der Waals surface area contributed by atoms with Crippen LogP contribution in [-0.2, 0) is 10.8 Å². The molecule has 0 radical (unpaired) electrons. The van der Waals surface area contributed by atoms with Gasteiger partial charge in [-0.05, 0) is 98.6 Å². The van der Waals surface area contributed by atoms with E-state index in [9.17, 15) is 0 Å². The molecular formula is C51H40N2. The molecule has 2 nitrogen and oxygen atoms in total. The number of anilines is 3. The molecule has 53 heavy (non-hydrogen) atoms. The second-order valence-electron chi connectivity index (χ2n) is 15.6. The zero-order valence-corrected chi connectivity index (χ0v) is 30.6. The molecule has 0 saturated carbocycles. The van der Waals surface area contributed by atoms with Crippen molar-refractivity contribution < 1.29 is 0 Å². The van der Waals surface area contributed by atoms with Gasteiger partial charge >= 0.3 is 0 Å². The molecule has 0 saturated heterocycles. The zero-order chi connectivity index (χ0) is 35.9. The Balaban J connectivity index is 1.14. The smallest absolute Gasteiger partial charge is 0.0788 e. The number of hydrogen-bond donors (Lipinski definition) is 0. The average Bonchev–Trinajstić information content (AvgIpc) is 3.57. The number of rotatable bonds is 5. The van der Waals surface area contributed by atoms with Crippen LogP contribution in [0, 0.1) is 0 Å². The van der Waals surface area contributed by atoms with Gasteiger partial charge in [-0.25, -0.2) is 4.98 Å². The number of nitrogens with zero attached hydrogens (tertiary/aromatic N) is 2. The van der Waals surface area contributed by atoms with Gasteiger partial charge in [0.05, 0.1) is 11.2 Å². The monoisotopic (exact) mass is 680 g/mol. The van der Waals surface area contributed by atoms with Crippen molar-refractivity contribution in [3.63, 3.8) is 0 Å². The van der Waals surface area contributed by atoms with Crippen LogP contribution in [0.15, 0.2) is 170 Å². The first-order valence-electron chi connectivity index (χ1n) is 18.6. The largest absolute Gasteiger partial charge is 0.310 e. The van der Waals surface area contributed by atoms with Crippen LogP contribution in [0.3, 0.4) is 0 Å². The molecule has 0 bridgehead atoms. The standard InChI is InChI=1S/C51H40N2/c1-50(2)44-19-11-9-17-39(44)41-28-26-37(31-46(41)50)53(38-27-29-42-40-18-10-12-20-45(40)51(3,4)47(42)32-38)36-24-22-33(23-25-36)43-30-35-16-8-13-21-48(35)52-49(43)34-14-6-5-7-15-34/h5-32H,1-4H3. The van der Waals surface area contributed by atoms with E-state index >= 15 is 0 Å². The molecule has 0 N–H and O–H groups in total. The Labute approximate surface area is 312 Å². The molecule has 0 amide bonds. The Morgan fingerprint density at radius 3 is 1.47 bits per heavy atom. The van der Waals surface area contributed by atoms with Gasteiger partial charge in [0.15, 0.2) is 0 Å². The van der Waals surface area contributed by atoms with E-state index in [2.05, 4.69) is 202 Å². The van der Waals surface area contributed by atoms with Crippen molar-refractivity contribution in [3.05, 3.63) is 192 Å². The van der Waals surface area contributed by atoms with Gasteiger partial charge in [0.25, 0.3) is 0 Å². The summed E-state index contributed by atoms with van der Waals surface area (Å²) in [6.45, 7) is 9.44. The highest BCUT2D eigenvalue weighted by molar-refractivity contribution is 5.93. The summed E-state index contributed by atoms with van der Waals surface area (Å²) < 4.78 is 0. The number of pyridine rings is 1. The van der Waals surface area contributed by atoms with Gasteiger partial charge in [-0.1, -0.05) is 149 Å². The molecule has 10 rings (SSSR count). The van der Waals surface area contributed by atoms with E-state index in [0.717, 1.165) is 50.3 Å². The average molecular weight is 681 g/mol. The maximum absolute atomic E-state index is 5.19. The van der Waals surface area contributed by atoms with Gasteiger partial charge in [-0.2, -0.15) is 0 Å². The predicted molar refractivity (Wildman–Crippen MR) is 222 cm³/mol. The molecule has 2 aliphatic rings. The summed E-state index contributed by atoms with van der Waals surface area (Å²) in [6, 6.07) is 62.2. The van der Waals surface area contributed by atoms with Gasteiger partial charge in [-0.3, -0.25) is 0 Å². The van der Waals surface area contributed by atoms with Gasteiger partial charge in [0, 0.05) is 44.4 Å². The van der Waals surface area contributed by atoms with Gasteiger partial charge < -0.3 is 4.90 Å². The summed E-state index contributed by atoms with van der Waals surface area (Å²) >= 11 is 0. The third-order valence-corrected chi connectivity index (χ3v) is 11.9. The molecule has 2 heteroatoms. The van der Waals surface area contributed by atoms with Crippen molar-refractivity contribution in [1.82, 2.24) is 4.98 Å². The zero-order valence-electron chi connectivity index (χ0n) is 30.6. The Hall–Kier alpha value is -6.25. The summed E-state index contributed by atoms with van der Waals surface area (Å²) in [5, 5.41) is 1.14. The summed E-state index contributed by atoms with van der Waals surface area (Å²) in [7, 11) is 0. The highest BCUT2D eigenvalue weighted by atomic mass is 15.1. The van der Waals surface area contributed by atoms with Crippen LogP contribution in [0.5, 0.6) is 0 Å². The minimum Gasteiger partial charge on any atom is -0.310 e.